The van der Waals surface area contributed by atoms with E-state index >= 15 is 0 Å². The molecule has 24 heavy (non-hydrogen) atoms. The fourth-order valence-electron chi connectivity index (χ4n) is 5.83. The van der Waals surface area contributed by atoms with Crippen molar-refractivity contribution in [3.63, 3.8) is 0 Å². The molecule has 3 aliphatic rings. The predicted octanol–water partition coefficient (Wildman–Crippen LogP) is 4.45. The van der Waals surface area contributed by atoms with Gasteiger partial charge in [0.05, 0.1) is 12.0 Å². The van der Waals surface area contributed by atoms with Gasteiger partial charge in [0.1, 0.15) is 5.78 Å². The molecule has 0 bridgehead atoms. The third kappa shape index (κ3) is 2.66. The molecule has 0 saturated heterocycles. The van der Waals surface area contributed by atoms with E-state index in [9.17, 15) is 4.79 Å². The van der Waals surface area contributed by atoms with Gasteiger partial charge in [-0.05, 0) is 69.5 Å². The molecular formula is C22H33NO. The van der Waals surface area contributed by atoms with Crippen molar-refractivity contribution >= 4 is 5.78 Å². The fourth-order valence-corrected chi connectivity index (χ4v) is 5.83. The lowest BCUT2D eigenvalue weighted by molar-refractivity contribution is -0.141. The molecule has 0 spiro atoms. The summed E-state index contributed by atoms with van der Waals surface area (Å²) < 4.78 is 0. The molecule has 0 aromatic carbocycles. The number of hydrogen-bond donors (Lipinski definition) is 0. The highest BCUT2D eigenvalue weighted by Gasteiger charge is 2.59. The maximum absolute atomic E-state index is 12.5. The van der Waals surface area contributed by atoms with Crippen LogP contribution < -0.4 is 0 Å². The van der Waals surface area contributed by atoms with E-state index in [0.29, 0.717) is 11.7 Å². The Morgan fingerprint density at radius 1 is 1.21 bits per heavy atom. The van der Waals surface area contributed by atoms with Crippen molar-refractivity contribution in [3.8, 4) is 11.8 Å². The fraction of sp³-hybridized carbons (Fsp3) is 0.773. The van der Waals surface area contributed by atoms with Crippen LogP contribution in [0.1, 0.15) is 65.7 Å². The highest BCUT2D eigenvalue weighted by molar-refractivity contribution is 5.85. The van der Waals surface area contributed by atoms with Crippen LogP contribution in [-0.2, 0) is 4.79 Å². The van der Waals surface area contributed by atoms with E-state index in [1.54, 1.807) is 5.57 Å². The Morgan fingerprint density at radius 2 is 1.96 bits per heavy atom. The Morgan fingerprint density at radius 3 is 2.67 bits per heavy atom. The second-order valence-electron chi connectivity index (χ2n) is 9.29. The standard InChI is InChI=1S/C22H33NO/c1-20(2)17-10-15-22(13-8-16-23(4)5)12-7-6-9-18(22)21(17,3)14-11-19(20)24/h9,17H,6-7,10-12,14-16H2,1-5H3/t17-,21-,22-/m0/s1. The number of allylic oxidation sites excluding steroid dienone is 2. The summed E-state index contributed by atoms with van der Waals surface area (Å²) in [5, 5.41) is 0. The molecule has 0 radical (unpaired) electrons. The van der Waals surface area contributed by atoms with Gasteiger partial charge in [-0.1, -0.05) is 38.7 Å². The molecule has 2 saturated carbocycles. The molecule has 2 fully saturated rings. The summed E-state index contributed by atoms with van der Waals surface area (Å²) in [7, 11) is 4.16. The Hall–Kier alpha value is -1.07. The number of carbonyl (C=O) groups excluding carboxylic acids is 1. The van der Waals surface area contributed by atoms with E-state index in [4.69, 9.17) is 0 Å². The SMILES string of the molecule is CN(C)CC#C[C@]12CCCC=C1[C@@]1(C)CCC(=O)C(C)(C)[C@@H]1CC2. The second kappa shape index (κ2) is 6.03. The molecule has 3 aliphatic carbocycles. The Labute approximate surface area is 148 Å². The molecule has 3 atom stereocenters. The van der Waals surface area contributed by atoms with Crippen LogP contribution in [0.15, 0.2) is 11.6 Å². The van der Waals surface area contributed by atoms with Crippen LogP contribution in [0, 0.1) is 34.0 Å². The third-order valence-corrected chi connectivity index (χ3v) is 7.10. The van der Waals surface area contributed by atoms with Gasteiger partial charge >= 0.3 is 0 Å². The molecule has 3 rings (SSSR count). The van der Waals surface area contributed by atoms with Crippen LogP contribution in [0.3, 0.4) is 0 Å². The van der Waals surface area contributed by atoms with Gasteiger partial charge in [-0.25, -0.2) is 0 Å². The van der Waals surface area contributed by atoms with Gasteiger partial charge < -0.3 is 0 Å². The van der Waals surface area contributed by atoms with Crippen molar-refractivity contribution in [2.45, 2.75) is 65.7 Å². The van der Waals surface area contributed by atoms with Gasteiger partial charge in [0.15, 0.2) is 0 Å². The van der Waals surface area contributed by atoms with Crippen molar-refractivity contribution < 1.29 is 4.79 Å². The first-order valence-electron chi connectivity index (χ1n) is 9.62. The molecular weight excluding hydrogens is 294 g/mol. The van der Waals surface area contributed by atoms with E-state index in [0.717, 1.165) is 32.2 Å². The number of carbonyl (C=O) groups is 1. The molecule has 132 valence electrons. The van der Waals surface area contributed by atoms with Crippen molar-refractivity contribution in [2.75, 3.05) is 20.6 Å². The number of Topliss-reactive ketones (excluding diaryl/α,β-unsaturated/α-hetero) is 1. The molecule has 0 aromatic rings. The number of nitrogens with zero attached hydrogens (tertiary/aromatic N) is 1. The third-order valence-electron chi connectivity index (χ3n) is 7.10. The Balaban J connectivity index is 2.01. The highest BCUT2D eigenvalue weighted by atomic mass is 16.1. The minimum atomic E-state index is -0.186. The molecule has 2 heteroatoms. The van der Waals surface area contributed by atoms with Crippen LogP contribution >= 0.6 is 0 Å². The molecule has 0 heterocycles. The summed E-state index contributed by atoms with van der Waals surface area (Å²) in [6, 6.07) is 0. The number of fused-ring (bicyclic) bond motifs is 3. The predicted molar refractivity (Wildman–Crippen MR) is 99.6 cm³/mol. The highest BCUT2D eigenvalue weighted by Crippen LogP contribution is 2.65. The summed E-state index contributed by atoms with van der Waals surface area (Å²) >= 11 is 0. The quantitative estimate of drug-likeness (QED) is 0.524. The monoisotopic (exact) mass is 327 g/mol. The van der Waals surface area contributed by atoms with E-state index < -0.39 is 0 Å². The van der Waals surface area contributed by atoms with Gasteiger partial charge in [-0.15, -0.1) is 0 Å². The van der Waals surface area contributed by atoms with E-state index in [1.807, 2.05) is 0 Å². The molecule has 0 N–H and O–H groups in total. The first-order valence-corrected chi connectivity index (χ1v) is 9.62. The van der Waals surface area contributed by atoms with Gasteiger partial charge in [0, 0.05) is 11.8 Å². The van der Waals surface area contributed by atoms with Crippen LogP contribution in [0.2, 0.25) is 0 Å². The molecule has 0 aliphatic heterocycles. The van der Waals surface area contributed by atoms with Crippen molar-refractivity contribution in [1.29, 1.82) is 0 Å². The molecule has 0 aromatic heterocycles. The van der Waals surface area contributed by atoms with Crippen LogP contribution in [-0.4, -0.2) is 31.3 Å². The second-order valence-corrected chi connectivity index (χ2v) is 9.29. The van der Waals surface area contributed by atoms with Crippen molar-refractivity contribution in [2.24, 2.45) is 22.2 Å². The molecule has 2 nitrogen and oxygen atoms in total. The molecule has 0 amide bonds. The summed E-state index contributed by atoms with van der Waals surface area (Å²) in [5.74, 6) is 8.11. The van der Waals surface area contributed by atoms with Gasteiger partial charge in [-0.3, -0.25) is 9.69 Å². The van der Waals surface area contributed by atoms with Gasteiger partial charge in [0.25, 0.3) is 0 Å². The minimum absolute atomic E-state index is 0.0793. The summed E-state index contributed by atoms with van der Waals surface area (Å²) in [5.41, 5.74) is 1.64. The van der Waals surface area contributed by atoms with Crippen LogP contribution in [0.5, 0.6) is 0 Å². The summed E-state index contributed by atoms with van der Waals surface area (Å²) in [6.45, 7) is 7.64. The van der Waals surface area contributed by atoms with E-state index in [2.05, 4.69) is 57.7 Å². The zero-order chi connectivity index (χ0) is 17.6. The average molecular weight is 328 g/mol. The topological polar surface area (TPSA) is 20.3 Å². The lowest BCUT2D eigenvalue weighted by atomic mass is 9.44. The van der Waals surface area contributed by atoms with Crippen LogP contribution in [0.4, 0.5) is 0 Å². The maximum Gasteiger partial charge on any atom is 0.138 e. The minimum Gasteiger partial charge on any atom is -0.299 e. The normalized spacial score (nSPS) is 37.8. The number of rotatable bonds is 1. The first-order chi connectivity index (χ1) is 11.2. The number of hydrogen-bond acceptors (Lipinski definition) is 2. The zero-order valence-electron chi connectivity index (χ0n) is 16.2. The maximum atomic E-state index is 12.5. The zero-order valence-corrected chi connectivity index (χ0v) is 16.2. The Bertz CT molecular complexity index is 618. The van der Waals surface area contributed by atoms with Crippen molar-refractivity contribution in [1.82, 2.24) is 4.90 Å². The van der Waals surface area contributed by atoms with Gasteiger partial charge in [0.2, 0.25) is 0 Å². The summed E-state index contributed by atoms with van der Waals surface area (Å²) in [6.07, 6.45) is 10.2. The van der Waals surface area contributed by atoms with Crippen molar-refractivity contribution in [3.05, 3.63) is 11.6 Å². The van der Waals surface area contributed by atoms with Crippen LogP contribution in [0.25, 0.3) is 0 Å². The summed E-state index contributed by atoms with van der Waals surface area (Å²) in [4.78, 5) is 14.7. The Kier molecular flexibility index (Phi) is 4.45. The lowest BCUT2D eigenvalue weighted by Gasteiger charge is -2.59. The molecule has 0 unspecified atom stereocenters. The van der Waals surface area contributed by atoms with E-state index in [-0.39, 0.29) is 16.2 Å². The number of ketones is 1. The largest absolute Gasteiger partial charge is 0.299 e. The smallest absolute Gasteiger partial charge is 0.138 e. The van der Waals surface area contributed by atoms with E-state index in [1.165, 1.54) is 19.3 Å². The van der Waals surface area contributed by atoms with Gasteiger partial charge in [-0.2, -0.15) is 0 Å². The average Bonchev–Trinajstić information content (AvgIpc) is 2.51. The lowest BCUT2D eigenvalue weighted by Crippen LogP contribution is -2.54. The first kappa shape index (κ1) is 17.7.